The van der Waals surface area contributed by atoms with Gasteiger partial charge in [-0.15, -0.1) is 0 Å². The van der Waals surface area contributed by atoms with Gasteiger partial charge in [-0.1, -0.05) is 12.1 Å². The first-order valence-corrected chi connectivity index (χ1v) is 8.46. The highest BCUT2D eigenvalue weighted by molar-refractivity contribution is 7.90. The van der Waals surface area contributed by atoms with Crippen LogP contribution in [0.3, 0.4) is 0 Å². The highest BCUT2D eigenvalue weighted by Gasteiger charge is 2.29. The number of hydrogen-bond donors (Lipinski definition) is 1. The second-order valence-electron chi connectivity index (χ2n) is 5.10. The number of furan rings is 1. The Morgan fingerprint density at radius 2 is 1.92 bits per heavy atom. The summed E-state index contributed by atoms with van der Waals surface area (Å²) in [5.41, 5.74) is -0.195. The van der Waals surface area contributed by atoms with E-state index in [2.05, 4.69) is 5.32 Å². The Hall–Kier alpha value is -2.39. The molecule has 0 unspecified atom stereocenters. The molecular formula is C15H18FN3O4S. The third-order valence-corrected chi connectivity index (χ3v) is 4.99. The van der Waals surface area contributed by atoms with E-state index in [4.69, 9.17) is 4.42 Å². The summed E-state index contributed by atoms with van der Waals surface area (Å²) in [5, 5.41) is 2.54. The van der Waals surface area contributed by atoms with Crippen molar-refractivity contribution >= 4 is 21.8 Å². The fourth-order valence-electron chi connectivity index (χ4n) is 1.93. The summed E-state index contributed by atoms with van der Waals surface area (Å²) in [5.74, 6) is -0.793. The molecule has 0 saturated carbocycles. The summed E-state index contributed by atoms with van der Waals surface area (Å²) in [4.78, 5) is 12.1. The second kappa shape index (κ2) is 7.45. The van der Waals surface area contributed by atoms with E-state index in [9.17, 15) is 17.6 Å². The molecule has 0 fully saturated rings. The summed E-state index contributed by atoms with van der Waals surface area (Å²) in [6.45, 7) is -0.443. The monoisotopic (exact) mass is 355 g/mol. The maximum absolute atomic E-state index is 14.0. The van der Waals surface area contributed by atoms with E-state index in [0.717, 1.165) is 14.7 Å². The molecule has 0 saturated heterocycles. The predicted molar refractivity (Wildman–Crippen MR) is 86.9 cm³/mol. The van der Waals surface area contributed by atoms with Crippen LogP contribution in [0, 0.1) is 5.82 Å². The molecule has 0 spiro atoms. The van der Waals surface area contributed by atoms with Gasteiger partial charge in [-0.2, -0.15) is 12.7 Å². The van der Waals surface area contributed by atoms with Crippen LogP contribution in [0.1, 0.15) is 5.76 Å². The minimum Gasteiger partial charge on any atom is -0.467 e. The molecule has 1 heterocycles. The third kappa shape index (κ3) is 4.12. The van der Waals surface area contributed by atoms with Gasteiger partial charge in [-0.25, -0.2) is 8.70 Å². The summed E-state index contributed by atoms with van der Waals surface area (Å²) >= 11 is 0. The maximum Gasteiger partial charge on any atom is 0.304 e. The van der Waals surface area contributed by atoms with Gasteiger partial charge < -0.3 is 9.73 Å². The van der Waals surface area contributed by atoms with Crippen LogP contribution in [0.2, 0.25) is 0 Å². The van der Waals surface area contributed by atoms with Crippen LogP contribution in [-0.4, -0.2) is 39.3 Å². The molecule has 2 aromatic rings. The van der Waals surface area contributed by atoms with Crippen LogP contribution in [0.5, 0.6) is 0 Å². The summed E-state index contributed by atoms with van der Waals surface area (Å²) in [6.07, 6.45) is 1.46. The predicted octanol–water partition coefficient (Wildman–Crippen LogP) is 1.35. The summed E-state index contributed by atoms with van der Waals surface area (Å²) in [7, 11) is -1.42. The number of halogens is 1. The first-order valence-electron chi connectivity index (χ1n) is 7.06. The Morgan fingerprint density at radius 3 is 2.50 bits per heavy atom. The highest BCUT2D eigenvalue weighted by Crippen LogP contribution is 2.22. The SMILES string of the molecule is CN(C)S(=O)(=O)N(CC(=O)NCc1ccco1)c1ccccc1F. The second-order valence-corrected chi connectivity index (χ2v) is 7.17. The van der Waals surface area contributed by atoms with Crippen molar-refractivity contribution in [3.8, 4) is 0 Å². The highest BCUT2D eigenvalue weighted by atomic mass is 32.2. The van der Waals surface area contributed by atoms with Gasteiger partial charge in [0.2, 0.25) is 5.91 Å². The van der Waals surface area contributed by atoms with Crippen molar-refractivity contribution in [2.75, 3.05) is 24.9 Å². The number of rotatable bonds is 7. The fourth-order valence-corrected chi connectivity index (χ4v) is 3.00. The van der Waals surface area contributed by atoms with E-state index in [1.807, 2.05) is 0 Å². The Labute approximate surface area is 139 Å². The molecule has 9 heteroatoms. The first kappa shape index (κ1) is 18.0. The molecular weight excluding hydrogens is 337 g/mol. The molecule has 0 aliphatic rings. The van der Waals surface area contributed by atoms with Gasteiger partial charge in [0.1, 0.15) is 18.1 Å². The third-order valence-electron chi connectivity index (χ3n) is 3.19. The van der Waals surface area contributed by atoms with Gasteiger partial charge in [0.05, 0.1) is 18.5 Å². The molecule has 7 nitrogen and oxygen atoms in total. The van der Waals surface area contributed by atoms with Gasteiger partial charge in [-0.3, -0.25) is 4.79 Å². The maximum atomic E-state index is 14.0. The lowest BCUT2D eigenvalue weighted by Crippen LogP contribution is -2.46. The average molecular weight is 355 g/mol. The van der Waals surface area contributed by atoms with E-state index in [1.54, 1.807) is 12.1 Å². The smallest absolute Gasteiger partial charge is 0.304 e. The number of para-hydroxylation sites is 1. The van der Waals surface area contributed by atoms with Crippen LogP contribution in [0.4, 0.5) is 10.1 Å². The number of nitrogens with zero attached hydrogens (tertiary/aromatic N) is 2. The molecule has 1 aromatic heterocycles. The zero-order chi connectivity index (χ0) is 17.7. The van der Waals surface area contributed by atoms with Crippen molar-refractivity contribution in [1.82, 2.24) is 9.62 Å². The van der Waals surface area contributed by atoms with E-state index in [1.165, 1.54) is 38.6 Å². The topological polar surface area (TPSA) is 82.9 Å². The minimum atomic E-state index is -4.04. The number of nitrogens with one attached hydrogen (secondary N) is 1. The van der Waals surface area contributed by atoms with E-state index < -0.39 is 28.5 Å². The van der Waals surface area contributed by atoms with Crippen LogP contribution >= 0.6 is 0 Å². The van der Waals surface area contributed by atoms with E-state index >= 15 is 0 Å². The van der Waals surface area contributed by atoms with Crippen molar-refractivity contribution in [1.29, 1.82) is 0 Å². The molecule has 1 amide bonds. The molecule has 0 bridgehead atoms. The van der Waals surface area contributed by atoms with Crippen molar-refractivity contribution < 1.29 is 22.0 Å². The summed E-state index contributed by atoms with van der Waals surface area (Å²) < 4.78 is 45.6. The number of hydrogen-bond acceptors (Lipinski definition) is 4. The van der Waals surface area contributed by atoms with Crippen LogP contribution in [-0.2, 0) is 21.5 Å². The molecule has 130 valence electrons. The average Bonchev–Trinajstić information content (AvgIpc) is 3.04. The van der Waals surface area contributed by atoms with E-state index in [0.29, 0.717) is 5.76 Å². The molecule has 0 atom stereocenters. The van der Waals surface area contributed by atoms with Crippen molar-refractivity contribution in [2.45, 2.75) is 6.54 Å². The molecule has 0 radical (unpaired) electrons. The van der Waals surface area contributed by atoms with Crippen molar-refractivity contribution in [3.63, 3.8) is 0 Å². The van der Waals surface area contributed by atoms with Gasteiger partial charge in [0.25, 0.3) is 0 Å². The lowest BCUT2D eigenvalue weighted by molar-refractivity contribution is -0.119. The van der Waals surface area contributed by atoms with Crippen molar-refractivity contribution in [2.24, 2.45) is 0 Å². The molecule has 24 heavy (non-hydrogen) atoms. The lowest BCUT2D eigenvalue weighted by Gasteiger charge is -2.27. The Bertz CT molecular complexity index is 791. The van der Waals surface area contributed by atoms with Crippen molar-refractivity contribution in [3.05, 3.63) is 54.2 Å². The Balaban J connectivity index is 2.20. The van der Waals surface area contributed by atoms with Crippen LogP contribution in [0.15, 0.2) is 47.1 Å². The quantitative estimate of drug-likeness (QED) is 0.813. The molecule has 1 N–H and O–H groups in total. The number of amides is 1. The fraction of sp³-hybridized carbons (Fsp3) is 0.267. The normalized spacial score (nSPS) is 11.5. The number of carbonyl (C=O) groups is 1. The van der Waals surface area contributed by atoms with Crippen LogP contribution in [0.25, 0.3) is 0 Å². The number of anilines is 1. The number of carbonyl (C=O) groups excluding carboxylic acids is 1. The minimum absolute atomic E-state index is 0.110. The first-order chi connectivity index (χ1) is 11.3. The zero-order valence-corrected chi connectivity index (χ0v) is 14.1. The standard InChI is InChI=1S/C15H18FN3O4S/c1-18(2)24(21,22)19(14-8-4-3-7-13(14)16)11-15(20)17-10-12-6-5-9-23-12/h3-9H,10-11H2,1-2H3,(H,17,20). The Morgan fingerprint density at radius 1 is 1.21 bits per heavy atom. The largest absolute Gasteiger partial charge is 0.467 e. The van der Waals surface area contributed by atoms with E-state index in [-0.39, 0.29) is 12.2 Å². The van der Waals surface area contributed by atoms with Gasteiger partial charge in [0.15, 0.2) is 0 Å². The van der Waals surface area contributed by atoms with Crippen LogP contribution < -0.4 is 9.62 Å². The molecule has 1 aromatic carbocycles. The number of benzene rings is 1. The van der Waals surface area contributed by atoms with Gasteiger partial charge in [-0.05, 0) is 24.3 Å². The lowest BCUT2D eigenvalue weighted by atomic mass is 10.3. The Kier molecular flexibility index (Phi) is 5.58. The van der Waals surface area contributed by atoms with Gasteiger partial charge in [0, 0.05) is 14.1 Å². The molecule has 0 aliphatic carbocycles. The van der Waals surface area contributed by atoms with Gasteiger partial charge >= 0.3 is 10.2 Å². The molecule has 2 rings (SSSR count). The molecule has 0 aliphatic heterocycles. The summed E-state index contributed by atoms with van der Waals surface area (Å²) in [6, 6.07) is 8.72. The zero-order valence-electron chi connectivity index (χ0n) is 13.3.